The Labute approximate surface area is 159 Å². The lowest BCUT2D eigenvalue weighted by atomic mass is 10.1. The highest BCUT2D eigenvalue weighted by molar-refractivity contribution is 7.93. The summed E-state index contributed by atoms with van der Waals surface area (Å²) < 4.78 is 41.4. The van der Waals surface area contributed by atoms with Crippen LogP contribution in [0.3, 0.4) is 0 Å². The molecule has 2 heterocycles. The normalized spacial score (nSPS) is 12.6. The van der Waals surface area contributed by atoms with Crippen LogP contribution >= 0.6 is 22.9 Å². The summed E-state index contributed by atoms with van der Waals surface area (Å²) in [6.45, 7) is 1.86. The maximum atomic E-state index is 14.5. The molecule has 3 aromatic rings. The first-order valence-corrected chi connectivity index (χ1v) is 10.2. The Kier molecular flexibility index (Phi) is 5.40. The molecular formula is C16H14ClFN4O2S2. The van der Waals surface area contributed by atoms with Crippen LogP contribution in [0.5, 0.6) is 0 Å². The van der Waals surface area contributed by atoms with Gasteiger partial charge in [0, 0.05) is 24.0 Å². The third-order valence-corrected chi connectivity index (χ3v) is 6.01. The molecule has 0 saturated carbocycles. The molecule has 6 nitrogen and oxygen atoms in total. The summed E-state index contributed by atoms with van der Waals surface area (Å²) in [6.07, 6.45) is 4.77. The molecule has 0 aliphatic rings. The monoisotopic (exact) mass is 412 g/mol. The van der Waals surface area contributed by atoms with Crippen LogP contribution in [-0.4, -0.2) is 18.4 Å². The van der Waals surface area contributed by atoms with Crippen LogP contribution in [0.25, 0.3) is 0 Å². The Balaban J connectivity index is 1.86. The second-order valence-corrected chi connectivity index (χ2v) is 8.31. The molecule has 1 atom stereocenters. The standard InChI is InChI=1S/C16H14ClFN4O2S2/c1-10(11-3-2-4-19-9-11)21-14-8-13(18)15(7-12(14)17)26(23,24)22-16-20-5-6-25-16/h2-10,21H,1H3,(H,20,22)/t10-/m1/s1. The fourth-order valence-corrected chi connectivity index (χ4v) is 4.40. The minimum absolute atomic E-state index is 0.0849. The van der Waals surface area contributed by atoms with Crippen molar-refractivity contribution in [3.05, 3.63) is 64.6 Å². The number of halogens is 2. The molecule has 2 N–H and O–H groups in total. The average Bonchev–Trinajstić information content (AvgIpc) is 3.10. The summed E-state index contributed by atoms with van der Waals surface area (Å²) in [5.41, 5.74) is 1.17. The van der Waals surface area contributed by atoms with Gasteiger partial charge in [0.15, 0.2) is 5.13 Å². The molecule has 10 heteroatoms. The van der Waals surface area contributed by atoms with E-state index < -0.39 is 20.7 Å². The van der Waals surface area contributed by atoms with Crippen molar-refractivity contribution < 1.29 is 12.8 Å². The molecule has 0 saturated heterocycles. The molecule has 0 aliphatic heterocycles. The van der Waals surface area contributed by atoms with Crippen LogP contribution in [0.2, 0.25) is 5.02 Å². The van der Waals surface area contributed by atoms with Gasteiger partial charge in [-0.2, -0.15) is 0 Å². The Bertz CT molecular complexity index is 999. The van der Waals surface area contributed by atoms with Gasteiger partial charge in [0.05, 0.1) is 16.8 Å². The minimum Gasteiger partial charge on any atom is -0.377 e. The number of nitrogens with one attached hydrogen (secondary N) is 2. The van der Waals surface area contributed by atoms with Crippen molar-refractivity contribution >= 4 is 43.8 Å². The lowest BCUT2D eigenvalue weighted by Gasteiger charge is -2.17. The highest BCUT2D eigenvalue weighted by atomic mass is 35.5. The van der Waals surface area contributed by atoms with E-state index in [9.17, 15) is 12.8 Å². The van der Waals surface area contributed by atoms with Gasteiger partial charge in [-0.05, 0) is 30.7 Å². The number of benzene rings is 1. The van der Waals surface area contributed by atoms with E-state index in [4.69, 9.17) is 11.6 Å². The molecule has 136 valence electrons. The number of nitrogens with zero attached hydrogens (tertiary/aromatic N) is 2. The Hall–Kier alpha value is -2.23. The van der Waals surface area contributed by atoms with E-state index in [0.717, 1.165) is 29.0 Å². The predicted molar refractivity (Wildman–Crippen MR) is 101 cm³/mol. The molecule has 26 heavy (non-hydrogen) atoms. The highest BCUT2D eigenvalue weighted by Gasteiger charge is 2.23. The fraction of sp³-hybridized carbons (Fsp3) is 0.125. The van der Waals surface area contributed by atoms with Gasteiger partial charge >= 0.3 is 0 Å². The third kappa shape index (κ3) is 4.12. The average molecular weight is 413 g/mol. The van der Waals surface area contributed by atoms with E-state index in [2.05, 4.69) is 20.0 Å². The largest absolute Gasteiger partial charge is 0.377 e. The van der Waals surface area contributed by atoms with Crippen LogP contribution in [0.4, 0.5) is 15.2 Å². The first-order chi connectivity index (χ1) is 12.4. The van der Waals surface area contributed by atoms with Crippen molar-refractivity contribution in [3.63, 3.8) is 0 Å². The van der Waals surface area contributed by atoms with Gasteiger partial charge in [-0.3, -0.25) is 9.71 Å². The van der Waals surface area contributed by atoms with E-state index in [1.807, 2.05) is 13.0 Å². The lowest BCUT2D eigenvalue weighted by molar-refractivity contribution is 0.570. The maximum absolute atomic E-state index is 14.5. The second-order valence-electron chi connectivity index (χ2n) is 5.36. The van der Waals surface area contributed by atoms with Gasteiger partial charge in [-0.25, -0.2) is 17.8 Å². The topological polar surface area (TPSA) is 84.0 Å². The van der Waals surface area contributed by atoms with Crippen molar-refractivity contribution in [3.8, 4) is 0 Å². The van der Waals surface area contributed by atoms with Gasteiger partial charge in [0.1, 0.15) is 10.7 Å². The quantitative estimate of drug-likeness (QED) is 0.630. The van der Waals surface area contributed by atoms with E-state index in [1.165, 1.54) is 6.20 Å². The lowest BCUT2D eigenvalue weighted by Crippen LogP contribution is -2.15. The fourth-order valence-electron chi connectivity index (χ4n) is 2.24. The third-order valence-electron chi connectivity index (χ3n) is 3.52. The number of anilines is 2. The summed E-state index contributed by atoms with van der Waals surface area (Å²) in [5, 5.41) is 4.89. The number of hydrogen-bond donors (Lipinski definition) is 2. The van der Waals surface area contributed by atoms with E-state index in [1.54, 1.807) is 23.8 Å². The van der Waals surface area contributed by atoms with Gasteiger partial charge < -0.3 is 5.32 Å². The summed E-state index contributed by atoms with van der Waals surface area (Å²) in [6, 6.07) is 5.59. The van der Waals surface area contributed by atoms with Crippen molar-refractivity contribution in [2.75, 3.05) is 10.0 Å². The number of sulfonamides is 1. The van der Waals surface area contributed by atoms with Gasteiger partial charge in [-0.15, -0.1) is 11.3 Å². The Morgan fingerprint density at radius 2 is 2.12 bits per heavy atom. The van der Waals surface area contributed by atoms with E-state index in [-0.39, 0.29) is 21.9 Å². The van der Waals surface area contributed by atoms with Crippen molar-refractivity contribution in [2.24, 2.45) is 0 Å². The SMILES string of the molecule is C[C@@H](Nc1cc(F)c(S(=O)(=O)Nc2nccs2)cc1Cl)c1cccnc1. The molecule has 2 aromatic heterocycles. The molecule has 0 spiro atoms. The maximum Gasteiger partial charge on any atom is 0.266 e. The van der Waals surface area contributed by atoms with Crippen molar-refractivity contribution in [1.29, 1.82) is 0 Å². The van der Waals surface area contributed by atoms with Crippen LogP contribution in [0.15, 0.2) is 53.1 Å². The number of rotatable bonds is 6. The Morgan fingerprint density at radius 3 is 2.77 bits per heavy atom. The number of thiazole rings is 1. The van der Waals surface area contributed by atoms with Crippen molar-refractivity contribution in [1.82, 2.24) is 9.97 Å². The zero-order chi connectivity index (χ0) is 18.7. The highest BCUT2D eigenvalue weighted by Crippen LogP contribution is 2.31. The van der Waals surface area contributed by atoms with Crippen molar-refractivity contribution in [2.45, 2.75) is 17.9 Å². The molecule has 0 bridgehead atoms. The molecule has 0 fully saturated rings. The predicted octanol–water partition coefficient (Wildman–Crippen LogP) is 4.30. The van der Waals surface area contributed by atoms with Crippen LogP contribution in [0, 0.1) is 5.82 Å². The van der Waals surface area contributed by atoms with Gasteiger partial charge in [0.2, 0.25) is 0 Å². The zero-order valence-electron chi connectivity index (χ0n) is 13.5. The van der Waals surface area contributed by atoms with Crippen LogP contribution in [-0.2, 0) is 10.0 Å². The summed E-state index contributed by atoms with van der Waals surface area (Å²) in [4.78, 5) is 7.31. The molecule has 0 aliphatic carbocycles. The summed E-state index contributed by atoms with van der Waals surface area (Å²) in [5.74, 6) is -0.917. The van der Waals surface area contributed by atoms with Crippen LogP contribution < -0.4 is 10.0 Å². The van der Waals surface area contributed by atoms with E-state index in [0.29, 0.717) is 0 Å². The number of hydrogen-bond acceptors (Lipinski definition) is 6. The van der Waals surface area contributed by atoms with Crippen LogP contribution in [0.1, 0.15) is 18.5 Å². The number of aromatic nitrogens is 2. The smallest absolute Gasteiger partial charge is 0.266 e. The molecule has 0 unspecified atom stereocenters. The zero-order valence-corrected chi connectivity index (χ0v) is 15.9. The first-order valence-electron chi connectivity index (χ1n) is 7.44. The summed E-state index contributed by atoms with van der Waals surface area (Å²) >= 11 is 7.26. The molecule has 0 amide bonds. The van der Waals surface area contributed by atoms with Gasteiger partial charge in [-0.1, -0.05) is 17.7 Å². The number of pyridine rings is 1. The Morgan fingerprint density at radius 1 is 1.31 bits per heavy atom. The first kappa shape index (κ1) is 18.6. The summed E-state index contributed by atoms with van der Waals surface area (Å²) in [7, 11) is -4.13. The molecule has 3 rings (SSSR count). The van der Waals surface area contributed by atoms with E-state index >= 15 is 0 Å². The minimum atomic E-state index is -4.13. The van der Waals surface area contributed by atoms with Gasteiger partial charge in [0.25, 0.3) is 10.0 Å². The second kappa shape index (κ2) is 7.56. The molecule has 1 aromatic carbocycles. The molecule has 0 radical (unpaired) electrons. The molecular weight excluding hydrogens is 399 g/mol.